The number of aromatic nitrogens is 2. The van der Waals surface area contributed by atoms with E-state index in [9.17, 15) is 0 Å². The van der Waals surface area contributed by atoms with E-state index in [-0.39, 0.29) is 17.6 Å². The SMILES string of the molecule is CC(C)[C@H](N)c1ncc(-c2ccc(-c3ccc4cc(/C(N)=C/NC5CC5(N)C(C)C)ccc4c3)cc2)[nH]1. The third kappa shape index (κ3) is 4.99. The second kappa shape index (κ2) is 9.69. The second-order valence-corrected chi connectivity index (χ2v) is 11.1. The number of aromatic amines is 1. The van der Waals surface area contributed by atoms with Gasteiger partial charge in [0.2, 0.25) is 0 Å². The van der Waals surface area contributed by atoms with Gasteiger partial charge in [-0.1, -0.05) is 76.2 Å². The lowest BCUT2D eigenvalue weighted by molar-refractivity contribution is 0.452. The zero-order valence-electron chi connectivity index (χ0n) is 22.1. The minimum Gasteiger partial charge on any atom is -0.397 e. The molecule has 5 rings (SSSR count). The molecule has 3 aromatic carbocycles. The zero-order chi connectivity index (χ0) is 26.3. The van der Waals surface area contributed by atoms with E-state index in [2.05, 4.69) is 104 Å². The van der Waals surface area contributed by atoms with Crippen molar-refractivity contribution in [3.8, 4) is 22.4 Å². The first-order chi connectivity index (χ1) is 17.7. The summed E-state index contributed by atoms with van der Waals surface area (Å²) in [6.07, 6.45) is 4.74. The fraction of sp³-hybridized carbons (Fsp3) is 0.323. The number of benzene rings is 3. The van der Waals surface area contributed by atoms with Gasteiger partial charge in [0.15, 0.2) is 0 Å². The molecule has 0 radical (unpaired) electrons. The maximum Gasteiger partial charge on any atom is 0.123 e. The van der Waals surface area contributed by atoms with Crippen LogP contribution in [0.1, 0.15) is 51.5 Å². The maximum atomic E-state index is 6.41. The van der Waals surface area contributed by atoms with Gasteiger partial charge >= 0.3 is 0 Å². The van der Waals surface area contributed by atoms with Crippen molar-refractivity contribution < 1.29 is 0 Å². The Hall–Kier alpha value is -3.61. The quantitative estimate of drug-likeness (QED) is 0.221. The van der Waals surface area contributed by atoms with Crippen LogP contribution in [0.4, 0.5) is 0 Å². The molecule has 1 fully saturated rings. The van der Waals surface area contributed by atoms with Gasteiger partial charge in [0.25, 0.3) is 0 Å². The molecule has 4 aromatic rings. The number of hydrogen-bond acceptors (Lipinski definition) is 5. The normalized spacial score (nSPS) is 20.5. The van der Waals surface area contributed by atoms with Crippen LogP contribution in [0, 0.1) is 11.8 Å². The van der Waals surface area contributed by atoms with Gasteiger partial charge in [-0.3, -0.25) is 0 Å². The van der Waals surface area contributed by atoms with Crippen molar-refractivity contribution in [2.75, 3.05) is 0 Å². The van der Waals surface area contributed by atoms with Crippen molar-refractivity contribution in [1.82, 2.24) is 15.3 Å². The third-order valence-electron chi connectivity index (χ3n) is 7.89. The molecule has 192 valence electrons. The van der Waals surface area contributed by atoms with Crippen LogP contribution in [0.2, 0.25) is 0 Å². The van der Waals surface area contributed by atoms with Crippen LogP contribution < -0.4 is 22.5 Å². The monoisotopic (exact) mass is 494 g/mol. The summed E-state index contributed by atoms with van der Waals surface area (Å²) in [5.41, 5.74) is 25.0. The fourth-order valence-electron chi connectivity index (χ4n) is 4.84. The Balaban J connectivity index is 1.30. The van der Waals surface area contributed by atoms with Crippen LogP contribution in [-0.2, 0) is 0 Å². The Labute approximate surface area is 219 Å². The Morgan fingerprint density at radius 3 is 2.30 bits per heavy atom. The summed E-state index contributed by atoms with van der Waals surface area (Å²) in [4.78, 5) is 7.86. The molecule has 6 heteroatoms. The molecule has 1 saturated carbocycles. The van der Waals surface area contributed by atoms with Crippen LogP contribution in [-0.4, -0.2) is 21.5 Å². The lowest BCUT2D eigenvalue weighted by Gasteiger charge is -2.15. The summed E-state index contributed by atoms with van der Waals surface area (Å²) < 4.78 is 0. The Bertz CT molecular complexity index is 1430. The maximum absolute atomic E-state index is 6.41. The molecule has 6 nitrogen and oxygen atoms in total. The highest BCUT2D eigenvalue weighted by atomic mass is 15.1. The van der Waals surface area contributed by atoms with Gasteiger partial charge in [-0.05, 0) is 63.4 Å². The van der Waals surface area contributed by atoms with Gasteiger partial charge in [0.1, 0.15) is 5.82 Å². The predicted molar refractivity (Wildman–Crippen MR) is 154 cm³/mol. The summed E-state index contributed by atoms with van der Waals surface area (Å²) in [5, 5.41) is 5.74. The minimum atomic E-state index is -0.128. The number of hydrogen-bond donors (Lipinski definition) is 5. The minimum absolute atomic E-state index is 0.0956. The topological polar surface area (TPSA) is 119 Å². The molecule has 0 amide bonds. The lowest BCUT2D eigenvalue weighted by Crippen LogP contribution is -2.37. The fourth-order valence-corrected chi connectivity index (χ4v) is 4.84. The number of nitrogens with two attached hydrogens (primary N) is 3. The Morgan fingerprint density at radius 1 is 0.973 bits per heavy atom. The molecule has 0 bridgehead atoms. The van der Waals surface area contributed by atoms with E-state index < -0.39 is 0 Å². The van der Waals surface area contributed by atoms with Gasteiger partial charge < -0.3 is 27.5 Å². The highest BCUT2D eigenvalue weighted by Gasteiger charge is 2.52. The van der Waals surface area contributed by atoms with Crippen molar-refractivity contribution in [3.63, 3.8) is 0 Å². The standard InChI is InChI=1S/C31H38N6/c1-18(2)29(33)30-36-17-27(37-30)21-7-5-20(6-8-21)22-9-10-24-14-25(12-11-23(24)13-22)26(32)16-35-28-15-31(28,34)19(3)4/h5-14,16-19,28-29,35H,15,32-34H2,1-4H3,(H,36,37)/b26-16-/t28?,29-,31?/m0/s1. The highest BCUT2D eigenvalue weighted by molar-refractivity contribution is 5.90. The smallest absolute Gasteiger partial charge is 0.123 e. The number of imidazole rings is 1. The number of H-pyrrole nitrogens is 1. The first kappa shape index (κ1) is 25.1. The van der Waals surface area contributed by atoms with E-state index in [0.717, 1.165) is 45.7 Å². The lowest BCUT2D eigenvalue weighted by atomic mass is 9.98. The van der Waals surface area contributed by atoms with Crippen molar-refractivity contribution >= 4 is 16.5 Å². The third-order valence-corrected chi connectivity index (χ3v) is 7.89. The molecular formula is C31H38N6. The number of rotatable bonds is 8. The average Bonchev–Trinajstić information content (AvgIpc) is 3.33. The van der Waals surface area contributed by atoms with Crippen LogP contribution in [0.15, 0.2) is 73.1 Å². The van der Waals surface area contributed by atoms with E-state index in [4.69, 9.17) is 17.2 Å². The number of fused-ring (bicyclic) bond motifs is 1. The Kier molecular flexibility index (Phi) is 6.56. The van der Waals surface area contributed by atoms with E-state index in [0.29, 0.717) is 11.8 Å². The molecule has 1 aromatic heterocycles. The molecule has 8 N–H and O–H groups in total. The average molecular weight is 495 g/mol. The second-order valence-electron chi connectivity index (χ2n) is 11.1. The van der Waals surface area contributed by atoms with Crippen molar-refractivity contribution in [3.05, 3.63) is 84.4 Å². The van der Waals surface area contributed by atoms with E-state index in [1.54, 1.807) is 0 Å². The van der Waals surface area contributed by atoms with Gasteiger partial charge in [0, 0.05) is 17.8 Å². The van der Waals surface area contributed by atoms with Gasteiger partial charge in [-0.25, -0.2) is 4.98 Å². The van der Waals surface area contributed by atoms with E-state index >= 15 is 0 Å². The molecule has 1 heterocycles. The van der Waals surface area contributed by atoms with Gasteiger partial charge in [-0.2, -0.15) is 0 Å². The zero-order valence-corrected chi connectivity index (χ0v) is 22.1. The van der Waals surface area contributed by atoms with E-state index in [1.807, 2.05) is 12.4 Å². The van der Waals surface area contributed by atoms with Crippen LogP contribution in [0.3, 0.4) is 0 Å². The van der Waals surface area contributed by atoms with Crippen LogP contribution in [0.5, 0.6) is 0 Å². The van der Waals surface area contributed by atoms with Gasteiger partial charge in [0.05, 0.1) is 23.6 Å². The Morgan fingerprint density at radius 2 is 1.62 bits per heavy atom. The van der Waals surface area contributed by atoms with Crippen molar-refractivity contribution in [2.45, 2.75) is 51.7 Å². The summed E-state index contributed by atoms with van der Waals surface area (Å²) in [5.74, 6) is 1.59. The number of nitrogens with one attached hydrogen (secondary N) is 2. The van der Waals surface area contributed by atoms with E-state index in [1.165, 1.54) is 10.9 Å². The molecule has 0 aliphatic heterocycles. The molecule has 1 aliphatic carbocycles. The van der Waals surface area contributed by atoms with Crippen molar-refractivity contribution in [2.24, 2.45) is 29.0 Å². The van der Waals surface area contributed by atoms with Crippen LogP contribution in [0.25, 0.3) is 38.9 Å². The molecule has 1 aliphatic rings. The number of nitrogens with zero attached hydrogens (tertiary/aromatic N) is 1. The molecule has 0 spiro atoms. The molecule has 37 heavy (non-hydrogen) atoms. The highest BCUT2D eigenvalue weighted by Crippen LogP contribution is 2.40. The molecule has 2 unspecified atom stereocenters. The molecular weight excluding hydrogens is 456 g/mol. The summed E-state index contributed by atoms with van der Waals surface area (Å²) >= 11 is 0. The van der Waals surface area contributed by atoms with Gasteiger partial charge in [-0.15, -0.1) is 0 Å². The summed E-state index contributed by atoms with van der Waals surface area (Å²) in [6, 6.07) is 21.6. The van der Waals surface area contributed by atoms with Crippen LogP contribution >= 0.6 is 0 Å². The molecule has 0 saturated heterocycles. The molecule has 3 atom stereocenters. The largest absolute Gasteiger partial charge is 0.397 e. The van der Waals surface area contributed by atoms with Crippen molar-refractivity contribution in [1.29, 1.82) is 0 Å². The first-order valence-corrected chi connectivity index (χ1v) is 13.1. The summed E-state index contributed by atoms with van der Waals surface area (Å²) in [7, 11) is 0. The summed E-state index contributed by atoms with van der Waals surface area (Å²) in [6.45, 7) is 8.53. The predicted octanol–water partition coefficient (Wildman–Crippen LogP) is 5.53. The first-order valence-electron chi connectivity index (χ1n) is 13.1.